The van der Waals surface area contributed by atoms with Crippen LogP contribution in [0.1, 0.15) is 32.1 Å². The molecule has 1 fully saturated rings. The Balaban J connectivity index is 1.64. The summed E-state index contributed by atoms with van der Waals surface area (Å²) in [5, 5.41) is 4.93. The van der Waals surface area contributed by atoms with Gasteiger partial charge in [0.1, 0.15) is 17.2 Å². The molecule has 1 N–H and O–H groups in total. The first-order valence-corrected chi connectivity index (χ1v) is 9.48. The Morgan fingerprint density at radius 1 is 0.846 bits per heavy atom. The van der Waals surface area contributed by atoms with Crippen molar-refractivity contribution in [1.29, 1.82) is 0 Å². The van der Waals surface area contributed by atoms with E-state index in [-0.39, 0.29) is 0 Å². The maximum atomic E-state index is 4.89. The minimum atomic E-state index is 0.517. The molecule has 3 heterocycles. The third-order valence-corrected chi connectivity index (χ3v) is 5.32. The van der Waals surface area contributed by atoms with Gasteiger partial charge in [-0.15, -0.1) is 0 Å². The van der Waals surface area contributed by atoms with Crippen LogP contribution in [0.3, 0.4) is 0 Å². The zero-order chi connectivity index (χ0) is 17.3. The van der Waals surface area contributed by atoms with E-state index in [9.17, 15) is 0 Å². The second kappa shape index (κ2) is 6.45. The van der Waals surface area contributed by atoms with E-state index in [0.717, 1.165) is 33.8 Å². The van der Waals surface area contributed by atoms with Crippen LogP contribution in [0.2, 0.25) is 0 Å². The van der Waals surface area contributed by atoms with Crippen molar-refractivity contribution in [3.63, 3.8) is 0 Å². The summed E-state index contributed by atoms with van der Waals surface area (Å²) in [5.41, 5.74) is 3.82. The second-order valence-corrected chi connectivity index (χ2v) is 7.11. The number of pyridine rings is 2. The van der Waals surface area contributed by atoms with Gasteiger partial charge in [0.25, 0.3) is 0 Å². The predicted octanol–water partition coefficient (Wildman–Crippen LogP) is 5.29. The number of nitrogens with one attached hydrogen (secondary N) is 1. The Morgan fingerprint density at radius 3 is 2.62 bits per heavy atom. The molecule has 3 aromatic heterocycles. The summed E-state index contributed by atoms with van der Waals surface area (Å²) in [6.45, 7) is 0. The Labute approximate surface area is 152 Å². The summed E-state index contributed by atoms with van der Waals surface area (Å²) in [7, 11) is 0. The molecule has 4 aromatic rings. The van der Waals surface area contributed by atoms with Gasteiger partial charge < -0.3 is 5.32 Å². The van der Waals surface area contributed by atoms with Crippen LogP contribution in [0.5, 0.6) is 0 Å². The summed E-state index contributed by atoms with van der Waals surface area (Å²) < 4.78 is 2.15. The lowest BCUT2D eigenvalue weighted by atomic mass is 9.95. The Kier molecular flexibility index (Phi) is 3.81. The lowest BCUT2D eigenvalue weighted by Crippen LogP contribution is -2.23. The van der Waals surface area contributed by atoms with Crippen LogP contribution >= 0.6 is 0 Å². The Hall–Kier alpha value is -2.88. The van der Waals surface area contributed by atoms with E-state index in [4.69, 9.17) is 9.97 Å². The molecule has 1 aliphatic carbocycles. The molecule has 4 heteroatoms. The highest BCUT2D eigenvalue weighted by Crippen LogP contribution is 2.31. The van der Waals surface area contributed by atoms with Crippen LogP contribution in [-0.4, -0.2) is 20.4 Å². The average molecular weight is 342 g/mol. The van der Waals surface area contributed by atoms with Crippen molar-refractivity contribution in [3.8, 4) is 11.4 Å². The molecule has 0 amide bonds. The molecule has 4 nitrogen and oxygen atoms in total. The van der Waals surface area contributed by atoms with Crippen molar-refractivity contribution in [2.24, 2.45) is 0 Å². The van der Waals surface area contributed by atoms with Crippen LogP contribution in [0.15, 0.2) is 60.8 Å². The highest BCUT2D eigenvalue weighted by Gasteiger charge is 2.20. The van der Waals surface area contributed by atoms with E-state index in [1.807, 2.05) is 18.2 Å². The molecule has 26 heavy (non-hydrogen) atoms. The van der Waals surface area contributed by atoms with Gasteiger partial charge in [0.2, 0.25) is 0 Å². The number of fused-ring (bicyclic) bond motifs is 2. The fourth-order valence-electron chi connectivity index (χ4n) is 3.95. The van der Waals surface area contributed by atoms with Crippen molar-refractivity contribution in [2.75, 3.05) is 5.32 Å². The summed E-state index contributed by atoms with van der Waals surface area (Å²) >= 11 is 0. The number of benzene rings is 1. The number of imidazole rings is 1. The largest absolute Gasteiger partial charge is 0.367 e. The Morgan fingerprint density at radius 2 is 1.69 bits per heavy atom. The number of para-hydroxylation sites is 1. The Bertz CT molecular complexity index is 1060. The highest BCUT2D eigenvalue weighted by atomic mass is 15.1. The molecule has 0 saturated heterocycles. The first-order chi connectivity index (χ1) is 12.9. The molecule has 1 saturated carbocycles. The number of rotatable bonds is 3. The van der Waals surface area contributed by atoms with Gasteiger partial charge >= 0.3 is 0 Å². The lowest BCUT2D eigenvalue weighted by Gasteiger charge is -2.24. The van der Waals surface area contributed by atoms with E-state index < -0.39 is 0 Å². The minimum absolute atomic E-state index is 0.517. The zero-order valence-corrected chi connectivity index (χ0v) is 14.7. The van der Waals surface area contributed by atoms with E-state index in [0.29, 0.717) is 6.04 Å². The number of hydrogen-bond donors (Lipinski definition) is 1. The maximum Gasteiger partial charge on any atom is 0.140 e. The summed E-state index contributed by atoms with van der Waals surface area (Å²) in [4.78, 5) is 9.77. The summed E-state index contributed by atoms with van der Waals surface area (Å²) in [5.74, 6) is 1.07. The molecular weight excluding hydrogens is 320 g/mol. The topological polar surface area (TPSA) is 42.2 Å². The summed E-state index contributed by atoms with van der Waals surface area (Å²) in [6, 6.07) is 19.1. The van der Waals surface area contributed by atoms with Gasteiger partial charge in [-0.3, -0.25) is 4.40 Å². The van der Waals surface area contributed by atoms with Gasteiger partial charge in [0.15, 0.2) is 0 Å². The highest BCUT2D eigenvalue weighted by molar-refractivity contribution is 5.83. The first kappa shape index (κ1) is 15.4. The fourth-order valence-corrected chi connectivity index (χ4v) is 3.95. The molecular formula is C22H22N4. The SMILES string of the molecule is c1ccc2nc(-c3nc4ccccn4c3NC3CCCCC3)ccc2c1. The van der Waals surface area contributed by atoms with Gasteiger partial charge in [0.05, 0.1) is 11.2 Å². The molecule has 0 aliphatic heterocycles. The number of anilines is 1. The van der Waals surface area contributed by atoms with Crippen molar-refractivity contribution in [1.82, 2.24) is 14.4 Å². The first-order valence-electron chi connectivity index (χ1n) is 9.48. The van der Waals surface area contributed by atoms with E-state index in [1.165, 1.54) is 32.1 Å². The predicted molar refractivity (Wildman–Crippen MR) is 106 cm³/mol. The van der Waals surface area contributed by atoms with Gasteiger partial charge in [-0.05, 0) is 37.1 Å². The molecule has 5 rings (SSSR count). The van der Waals surface area contributed by atoms with Gasteiger partial charge in [-0.25, -0.2) is 9.97 Å². The van der Waals surface area contributed by atoms with Crippen molar-refractivity contribution < 1.29 is 0 Å². The zero-order valence-electron chi connectivity index (χ0n) is 14.7. The maximum absolute atomic E-state index is 4.89. The molecule has 1 aliphatic rings. The van der Waals surface area contributed by atoms with E-state index in [2.05, 4.69) is 52.3 Å². The monoisotopic (exact) mass is 342 g/mol. The average Bonchev–Trinajstić information content (AvgIpc) is 3.07. The van der Waals surface area contributed by atoms with Crippen LogP contribution in [-0.2, 0) is 0 Å². The molecule has 0 atom stereocenters. The van der Waals surface area contributed by atoms with Crippen molar-refractivity contribution in [2.45, 2.75) is 38.1 Å². The van der Waals surface area contributed by atoms with Crippen LogP contribution < -0.4 is 5.32 Å². The molecule has 130 valence electrons. The minimum Gasteiger partial charge on any atom is -0.367 e. The molecule has 0 radical (unpaired) electrons. The van der Waals surface area contributed by atoms with Crippen LogP contribution in [0.25, 0.3) is 27.9 Å². The molecule has 1 aromatic carbocycles. The third-order valence-electron chi connectivity index (χ3n) is 5.32. The number of aromatic nitrogens is 3. The normalized spacial score (nSPS) is 15.5. The lowest BCUT2D eigenvalue weighted by molar-refractivity contribution is 0.462. The quantitative estimate of drug-likeness (QED) is 0.550. The molecule has 0 spiro atoms. The number of nitrogens with zero attached hydrogens (tertiary/aromatic N) is 3. The van der Waals surface area contributed by atoms with E-state index >= 15 is 0 Å². The standard InChI is InChI=1S/C22H22N4/c1-2-9-17(10-3-1)23-22-21(25-20-12-6-7-15-26(20)22)19-14-13-16-8-4-5-11-18(16)24-19/h4-8,11-15,17,23H,1-3,9-10H2. The second-order valence-electron chi connectivity index (χ2n) is 7.11. The van der Waals surface area contributed by atoms with Crippen molar-refractivity contribution >= 4 is 22.4 Å². The fraction of sp³-hybridized carbons (Fsp3) is 0.273. The summed E-state index contributed by atoms with van der Waals surface area (Å²) in [6.07, 6.45) is 8.49. The number of hydrogen-bond acceptors (Lipinski definition) is 3. The van der Waals surface area contributed by atoms with Crippen LogP contribution in [0, 0.1) is 0 Å². The molecule has 0 bridgehead atoms. The smallest absolute Gasteiger partial charge is 0.140 e. The van der Waals surface area contributed by atoms with Gasteiger partial charge in [-0.2, -0.15) is 0 Å². The molecule has 0 unspecified atom stereocenters. The van der Waals surface area contributed by atoms with Crippen LogP contribution in [0.4, 0.5) is 5.82 Å². The van der Waals surface area contributed by atoms with Crippen molar-refractivity contribution in [3.05, 3.63) is 60.8 Å². The third kappa shape index (κ3) is 2.71. The van der Waals surface area contributed by atoms with Gasteiger partial charge in [0, 0.05) is 17.6 Å². The van der Waals surface area contributed by atoms with E-state index in [1.54, 1.807) is 0 Å². The van der Waals surface area contributed by atoms with Gasteiger partial charge in [-0.1, -0.05) is 49.6 Å².